The van der Waals surface area contributed by atoms with E-state index >= 15 is 0 Å². The second-order valence-electron chi connectivity index (χ2n) is 6.25. The Kier molecular flexibility index (Phi) is 3.28. The number of ether oxygens (including phenoxy) is 1. The van der Waals surface area contributed by atoms with Crippen molar-refractivity contribution < 1.29 is 9.84 Å². The number of benzene rings is 2. The molecule has 3 rings (SSSR count). The van der Waals surface area contributed by atoms with Gasteiger partial charge in [0.05, 0.1) is 6.04 Å². The lowest BCUT2D eigenvalue weighted by Gasteiger charge is -2.42. The lowest BCUT2D eigenvalue weighted by Crippen LogP contribution is -2.40. The normalized spacial score (nSPS) is 19.5. The zero-order valence-electron chi connectivity index (χ0n) is 12.7. The van der Waals surface area contributed by atoms with E-state index in [0.717, 1.165) is 17.7 Å². The Morgan fingerprint density at radius 1 is 1.14 bits per heavy atom. The van der Waals surface area contributed by atoms with Crippen LogP contribution < -0.4 is 9.64 Å². The summed E-state index contributed by atoms with van der Waals surface area (Å²) in [4.78, 5) is 2.28. The molecule has 1 N–H and O–H groups in total. The highest BCUT2D eigenvalue weighted by Crippen LogP contribution is 2.44. The minimum Gasteiger partial charge on any atom is -0.508 e. The Labute approximate surface area is 125 Å². The third-order valence-corrected chi connectivity index (χ3v) is 4.06. The summed E-state index contributed by atoms with van der Waals surface area (Å²) in [5.74, 6) is 1.02. The lowest BCUT2D eigenvalue weighted by molar-refractivity contribution is 0.0716. The molecule has 0 spiro atoms. The molecule has 3 heteroatoms. The van der Waals surface area contributed by atoms with Crippen LogP contribution in [0.4, 0.5) is 5.69 Å². The molecule has 0 aromatic heterocycles. The van der Waals surface area contributed by atoms with Crippen LogP contribution in [-0.2, 0) is 0 Å². The molecule has 0 saturated heterocycles. The summed E-state index contributed by atoms with van der Waals surface area (Å²) in [7, 11) is 2.11. The van der Waals surface area contributed by atoms with Gasteiger partial charge in [-0.15, -0.1) is 0 Å². The van der Waals surface area contributed by atoms with Gasteiger partial charge in [-0.05, 0) is 38.1 Å². The van der Waals surface area contributed by atoms with E-state index in [1.54, 1.807) is 12.1 Å². The number of hydrogen-bond donors (Lipinski definition) is 1. The molecular formula is C18H21NO2. The van der Waals surface area contributed by atoms with E-state index in [1.807, 2.05) is 24.3 Å². The summed E-state index contributed by atoms with van der Waals surface area (Å²) in [5, 5.41) is 9.71. The monoisotopic (exact) mass is 283 g/mol. The van der Waals surface area contributed by atoms with Gasteiger partial charge in [0.1, 0.15) is 17.1 Å². The molecular weight excluding hydrogens is 262 g/mol. The van der Waals surface area contributed by atoms with Crippen LogP contribution in [0.1, 0.15) is 31.9 Å². The number of anilines is 1. The summed E-state index contributed by atoms with van der Waals surface area (Å²) in [6.45, 7) is 4.18. The van der Waals surface area contributed by atoms with E-state index in [2.05, 4.69) is 37.9 Å². The van der Waals surface area contributed by atoms with E-state index in [-0.39, 0.29) is 17.4 Å². The Hall–Kier alpha value is -2.16. The van der Waals surface area contributed by atoms with Crippen LogP contribution in [0.25, 0.3) is 0 Å². The van der Waals surface area contributed by atoms with Crippen molar-refractivity contribution in [3.05, 3.63) is 54.1 Å². The Morgan fingerprint density at radius 3 is 2.57 bits per heavy atom. The fraction of sp³-hybridized carbons (Fsp3) is 0.333. The number of fused-ring (bicyclic) bond motifs is 1. The number of rotatable bonds is 2. The highest BCUT2D eigenvalue weighted by Gasteiger charge is 2.36. The van der Waals surface area contributed by atoms with Crippen LogP contribution in [-0.4, -0.2) is 17.8 Å². The molecule has 1 heterocycles. The van der Waals surface area contributed by atoms with Gasteiger partial charge in [-0.3, -0.25) is 0 Å². The number of hydrogen-bond acceptors (Lipinski definition) is 3. The van der Waals surface area contributed by atoms with Crippen molar-refractivity contribution in [2.45, 2.75) is 31.9 Å². The molecule has 0 bridgehead atoms. The number of phenolic OH excluding ortho intramolecular Hbond substituents is 1. The molecule has 0 aliphatic carbocycles. The molecule has 1 atom stereocenters. The molecule has 0 radical (unpaired) electrons. The fourth-order valence-electron chi connectivity index (χ4n) is 2.99. The second kappa shape index (κ2) is 4.99. The van der Waals surface area contributed by atoms with Gasteiger partial charge in [-0.25, -0.2) is 0 Å². The van der Waals surface area contributed by atoms with Gasteiger partial charge < -0.3 is 14.7 Å². The molecule has 110 valence electrons. The maximum Gasteiger partial charge on any atom is 0.129 e. The van der Waals surface area contributed by atoms with Crippen molar-refractivity contribution in [2.75, 3.05) is 11.9 Å². The summed E-state index contributed by atoms with van der Waals surface area (Å²) < 4.78 is 6.03. The van der Waals surface area contributed by atoms with E-state index < -0.39 is 0 Å². The molecule has 0 saturated carbocycles. The maximum atomic E-state index is 9.71. The lowest BCUT2D eigenvalue weighted by atomic mass is 9.88. The van der Waals surface area contributed by atoms with Crippen molar-refractivity contribution in [2.24, 2.45) is 0 Å². The summed E-state index contributed by atoms with van der Waals surface area (Å²) >= 11 is 0. The number of aromatic hydroxyl groups is 1. The van der Waals surface area contributed by atoms with Gasteiger partial charge in [0, 0.05) is 30.8 Å². The summed E-state index contributed by atoms with van der Waals surface area (Å²) in [6.07, 6.45) is 0.899. The minimum absolute atomic E-state index is 0.228. The Bertz CT molecular complexity index is 637. The molecule has 3 nitrogen and oxygen atoms in total. The largest absolute Gasteiger partial charge is 0.508 e. The average molecular weight is 283 g/mol. The zero-order chi connectivity index (χ0) is 15.0. The van der Waals surface area contributed by atoms with Crippen LogP contribution in [0.3, 0.4) is 0 Å². The van der Waals surface area contributed by atoms with Gasteiger partial charge in [0.25, 0.3) is 0 Å². The molecule has 0 amide bonds. The molecule has 1 aliphatic rings. The van der Waals surface area contributed by atoms with E-state index in [9.17, 15) is 5.11 Å². The number of nitrogens with zero attached hydrogens (tertiary/aromatic N) is 1. The quantitative estimate of drug-likeness (QED) is 0.899. The van der Waals surface area contributed by atoms with Crippen LogP contribution >= 0.6 is 0 Å². The Balaban J connectivity index is 2.02. The highest BCUT2D eigenvalue weighted by atomic mass is 16.5. The molecule has 1 aliphatic heterocycles. The van der Waals surface area contributed by atoms with Gasteiger partial charge in [-0.1, -0.05) is 18.2 Å². The number of phenols is 1. The predicted molar refractivity (Wildman–Crippen MR) is 85.0 cm³/mol. The standard InChI is InChI=1S/C18H21NO2/c1-18(2)12-16(19(3)13-7-5-4-6-8-13)15-10-9-14(20)11-17(15)21-18/h4-11,16,20H,12H2,1-3H3. The van der Waals surface area contributed by atoms with Gasteiger partial charge in [-0.2, -0.15) is 0 Å². The van der Waals surface area contributed by atoms with Gasteiger partial charge >= 0.3 is 0 Å². The van der Waals surface area contributed by atoms with Crippen LogP contribution in [0.5, 0.6) is 11.5 Å². The van der Waals surface area contributed by atoms with Crippen LogP contribution in [0, 0.1) is 0 Å². The first-order chi connectivity index (χ1) is 9.96. The van der Waals surface area contributed by atoms with E-state index in [0.29, 0.717) is 0 Å². The first-order valence-electron chi connectivity index (χ1n) is 7.26. The number of para-hydroxylation sites is 1. The van der Waals surface area contributed by atoms with Crippen molar-refractivity contribution in [1.29, 1.82) is 0 Å². The van der Waals surface area contributed by atoms with Crippen molar-refractivity contribution in [3.8, 4) is 11.5 Å². The maximum absolute atomic E-state index is 9.71. The SMILES string of the molecule is CN(c1ccccc1)C1CC(C)(C)Oc2cc(O)ccc21. The van der Waals surface area contributed by atoms with Crippen LogP contribution in [0.2, 0.25) is 0 Å². The predicted octanol–water partition coefficient (Wildman–Crippen LogP) is 4.13. The molecule has 21 heavy (non-hydrogen) atoms. The van der Waals surface area contributed by atoms with Crippen LogP contribution in [0.15, 0.2) is 48.5 Å². The summed E-state index contributed by atoms with van der Waals surface area (Å²) in [6, 6.07) is 16.0. The van der Waals surface area contributed by atoms with E-state index in [1.165, 1.54) is 5.69 Å². The van der Waals surface area contributed by atoms with Gasteiger partial charge in [0.2, 0.25) is 0 Å². The molecule has 2 aromatic carbocycles. The zero-order valence-corrected chi connectivity index (χ0v) is 12.7. The smallest absolute Gasteiger partial charge is 0.129 e. The van der Waals surface area contributed by atoms with E-state index in [4.69, 9.17) is 4.74 Å². The minimum atomic E-state index is -0.255. The van der Waals surface area contributed by atoms with Crippen molar-refractivity contribution in [3.63, 3.8) is 0 Å². The second-order valence-corrected chi connectivity index (χ2v) is 6.25. The highest BCUT2D eigenvalue weighted by molar-refractivity contribution is 5.52. The molecule has 0 fully saturated rings. The Morgan fingerprint density at radius 2 is 1.86 bits per heavy atom. The first-order valence-corrected chi connectivity index (χ1v) is 7.26. The third kappa shape index (κ3) is 2.68. The average Bonchev–Trinajstić information content (AvgIpc) is 2.45. The van der Waals surface area contributed by atoms with Crippen molar-refractivity contribution in [1.82, 2.24) is 0 Å². The third-order valence-electron chi connectivity index (χ3n) is 4.06. The molecule has 2 aromatic rings. The van der Waals surface area contributed by atoms with Gasteiger partial charge in [0.15, 0.2) is 0 Å². The van der Waals surface area contributed by atoms with Crippen molar-refractivity contribution >= 4 is 5.69 Å². The topological polar surface area (TPSA) is 32.7 Å². The summed E-state index contributed by atoms with van der Waals surface area (Å²) in [5.41, 5.74) is 2.05. The fourth-order valence-corrected chi connectivity index (χ4v) is 2.99. The molecule has 1 unspecified atom stereocenters. The first kappa shape index (κ1) is 13.8.